The molecule has 5 heteroatoms. The largest absolute Gasteiger partial charge is 0.497 e. The fraction of sp³-hybridized carbons (Fsp3) is 0.588. The molecule has 1 aliphatic heterocycles. The molecule has 0 aromatic heterocycles. The standard InChI is InChI=1S/C17H27N3O2/c1-4-14(2)18-17(21)13-19-9-11-20(12-10-19)15-5-7-16(22-3)8-6-15/h5-8,14H,4,9-13H2,1-3H3,(H,18,21). The van der Waals surface area contributed by atoms with Crippen molar-refractivity contribution in [3.8, 4) is 5.75 Å². The molecule has 2 rings (SSSR count). The topological polar surface area (TPSA) is 44.8 Å². The summed E-state index contributed by atoms with van der Waals surface area (Å²) in [5.74, 6) is 1.01. The first-order chi connectivity index (χ1) is 10.6. The van der Waals surface area contributed by atoms with Crippen molar-refractivity contribution in [2.75, 3.05) is 44.7 Å². The van der Waals surface area contributed by atoms with Crippen LogP contribution < -0.4 is 15.0 Å². The number of carbonyl (C=O) groups is 1. The van der Waals surface area contributed by atoms with Gasteiger partial charge in [-0.1, -0.05) is 6.92 Å². The summed E-state index contributed by atoms with van der Waals surface area (Å²) < 4.78 is 5.19. The van der Waals surface area contributed by atoms with Gasteiger partial charge in [-0.25, -0.2) is 0 Å². The Labute approximate surface area is 133 Å². The van der Waals surface area contributed by atoms with Crippen molar-refractivity contribution >= 4 is 11.6 Å². The smallest absolute Gasteiger partial charge is 0.234 e. The van der Waals surface area contributed by atoms with Gasteiger partial charge in [-0.2, -0.15) is 0 Å². The van der Waals surface area contributed by atoms with E-state index in [0.717, 1.165) is 38.3 Å². The Balaban J connectivity index is 1.78. The molecule has 1 aromatic carbocycles. The highest BCUT2D eigenvalue weighted by Crippen LogP contribution is 2.20. The molecule has 0 saturated carbocycles. The zero-order valence-corrected chi connectivity index (χ0v) is 13.8. The van der Waals surface area contributed by atoms with Crippen LogP contribution in [-0.2, 0) is 4.79 Å². The molecule has 1 aromatic rings. The highest BCUT2D eigenvalue weighted by Gasteiger charge is 2.19. The lowest BCUT2D eigenvalue weighted by Gasteiger charge is -2.35. The predicted octanol–water partition coefficient (Wildman–Crippen LogP) is 1.73. The Bertz CT molecular complexity index is 467. The number of hydrogen-bond donors (Lipinski definition) is 1. The molecule has 1 N–H and O–H groups in total. The van der Waals surface area contributed by atoms with Gasteiger partial charge in [-0.3, -0.25) is 9.69 Å². The Morgan fingerprint density at radius 2 is 1.86 bits per heavy atom. The van der Waals surface area contributed by atoms with Gasteiger partial charge in [-0.05, 0) is 37.6 Å². The number of anilines is 1. The third kappa shape index (κ3) is 4.63. The predicted molar refractivity (Wildman–Crippen MR) is 89.5 cm³/mol. The molecule has 122 valence electrons. The van der Waals surface area contributed by atoms with Gasteiger partial charge >= 0.3 is 0 Å². The lowest BCUT2D eigenvalue weighted by Crippen LogP contribution is -2.50. The zero-order chi connectivity index (χ0) is 15.9. The molecule has 0 spiro atoms. The summed E-state index contributed by atoms with van der Waals surface area (Å²) in [7, 11) is 1.68. The fourth-order valence-corrected chi connectivity index (χ4v) is 2.58. The monoisotopic (exact) mass is 305 g/mol. The molecule has 5 nitrogen and oxygen atoms in total. The van der Waals surface area contributed by atoms with Gasteiger partial charge in [0.1, 0.15) is 5.75 Å². The van der Waals surface area contributed by atoms with E-state index in [1.807, 2.05) is 19.1 Å². The summed E-state index contributed by atoms with van der Waals surface area (Å²) in [4.78, 5) is 16.5. The number of amides is 1. The average Bonchev–Trinajstić information content (AvgIpc) is 2.55. The van der Waals surface area contributed by atoms with Crippen molar-refractivity contribution in [1.82, 2.24) is 10.2 Å². The van der Waals surface area contributed by atoms with Crippen LogP contribution in [0.4, 0.5) is 5.69 Å². The lowest BCUT2D eigenvalue weighted by molar-refractivity contribution is -0.122. The minimum absolute atomic E-state index is 0.132. The molecule has 0 aliphatic carbocycles. The van der Waals surface area contributed by atoms with E-state index >= 15 is 0 Å². The first kappa shape index (κ1) is 16.6. The molecule has 0 radical (unpaired) electrons. The van der Waals surface area contributed by atoms with Crippen LogP contribution in [-0.4, -0.2) is 56.7 Å². The quantitative estimate of drug-likeness (QED) is 0.869. The second-order valence-corrected chi connectivity index (χ2v) is 5.84. The lowest BCUT2D eigenvalue weighted by atomic mass is 10.2. The highest BCUT2D eigenvalue weighted by molar-refractivity contribution is 5.78. The molecule has 1 aliphatic rings. The number of nitrogens with zero attached hydrogens (tertiary/aromatic N) is 2. The van der Waals surface area contributed by atoms with Crippen LogP contribution in [0.25, 0.3) is 0 Å². The number of rotatable bonds is 6. The van der Waals surface area contributed by atoms with Gasteiger partial charge in [0.25, 0.3) is 0 Å². The first-order valence-corrected chi connectivity index (χ1v) is 8.03. The van der Waals surface area contributed by atoms with E-state index in [1.54, 1.807) is 7.11 Å². The summed E-state index contributed by atoms with van der Waals surface area (Å²) in [5, 5.41) is 3.02. The number of piperazine rings is 1. The molecular weight excluding hydrogens is 278 g/mol. The number of carbonyl (C=O) groups excluding carboxylic acids is 1. The molecule has 1 saturated heterocycles. The van der Waals surface area contributed by atoms with Crippen molar-refractivity contribution in [3.63, 3.8) is 0 Å². The van der Waals surface area contributed by atoms with Gasteiger partial charge in [0.05, 0.1) is 13.7 Å². The van der Waals surface area contributed by atoms with Crippen LogP contribution in [0.5, 0.6) is 5.75 Å². The summed E-state index contributed by atoms with van der Waals surface area (Å²) in [6.45, 7) is 8.35. The molecule has 22 heavy (non-hydrogen) atoms. The number of hydrogen-bond acceptors (Lipinski definition) is 4. The second-order valence-electron chi connectivity index (χ2n) is 5.84. The van der Waals surface area contributed by atoms with Crippen LogP contribution in [0.3, 0.4) is 0 Å². The van der Waals surface area contributed by atoms with E-state index in [0.29, 0.717) is 6.54 Å². The van der Waals surface area contributed by atoms with Gasteiger partial charge in [0, 0.05) is 37.9 Å². The van der Waals surface area contributed by atoms with E-state index in [4.69, 9.17) is 4.74 Å². The van der Waals surface area contributed by atoms with Crippen LogP contribution in [0, 0.1) is 0 Å². The Morgan fingerprint density at radius 1 is 1.23 bits per heavy atom. The third-order valence-electron chi connectivity index (χ3n) is 4.20. The zero-order valence-electron chi connectivity index (χ0n) is 13.8. The van der Waals surface area contributed by atoms with Crippen LogP contribution in [0.15, 0.2) is 24.3 Å². The van der Waals surface area contributed by atoms with Crippen molar-refractivity contribution in [3.05, 3.63) is 24.3 Å². The highest BCUT2D eigenvalue weighted by atomic mass is 16.5. The first-order valence-electron chi connectivity index (χ1n) is 8.03. The van der Waals surface area contributed by atoms with E-state index in [-0.39, 0.29) is 11.9 Å². The third-order valence-corrected chi connectivity index (χ3v) is 4.20. The van der Waals surface area contributed by atoms with E-state index < -0.39 is 0 Å². The number of nitrogens with one attached hydrogen (secondary N) is 1. The van der Waals surface area contributed by atoms with Gasteiger partial charge in [0.2, 0.25) is 5.91 Å². The molecular formula is C17H27N3O2. The van der Waals surface area contributed by atoms with E-state index in [2.05, 4.69) is 34.2 Å². The van der Waals surface area contributed by atoms with Crippen molar-refractivity contribution in [2.45, 2.75) is 26.3 Å². The Hall–Kier alpha value is -1.75. The maximum Gasteiger partial charge on any atom is 0.234 e. The van der Waals surface area contributed by atoms with E-state index in [9.17, 15) is 4.79 Å². The Morgan fingerprint density at radius 3 is 2.41 bits per heavy atom. The van der Waals surface area contributed by atoms with Gasteiger partial charge in [0.15, 0.2) is 0 Å². The number of methoxy groups -OCH3 is 1. The maximum absolute atomic E-state index is 11.9. The van der Waals surface area contributed by atoms with Crippen molar-refractivity contribution in [1.29, 1.82) is 0 Å². The molecule has 1 amide bonds. The summed E-state index contributed by atoms with van der Waals surface area (Å²) >= 11 is 0. The van der Waals surface area contributed by atoms with E-state index in [1.165, 1.54) is 5.69 Å². The minimum atomic E-state index is 0.132. The summed E-state index contributed by atoms with van der Waals surface area (Å²) in [6.07, 6.45) is 0.969. The summed E-state index contributed by atoms with van der Waals surface area (Å²) in [6, 6.07) is 8.41. The van der Waals surface area contributed by atoms with Gasteiger partial charge in [-0.15, -0.1) is 0 Å². The van der Waals surface area contributed by atoms with Crippen LogP contribution >= 0.6 is 0 Å². The van der Waals surface area contributed by atoms with Gasteiger partial charge < -0.3 is 15.0 Å². The molecule has 1 unspecified atom stereocenters. The number of ether oxygens (including phenoxy) is 1. The fourth-order valence-electron chi connectivity index (χ4n) is 2.58. The second kappa shape index (κ2) is 8.03. The van der Waals surface area contributed by atoms with Crippen molar-refractivity contribution < 1.29 is 9.53 Å². The maximum atomic E-state index is 11.9. The minimum Gasteiger partial charge on any atom is -0.497 e. The van der Waals surface area contributed by atoms with Crippen LogP contribution in [0.1, 0.15) is 20.3 Å². The molecule has 1 atom stereocenters. The Kier molecular flexibility index (Phi) is 6.07. The van der Waals surface area contributed by atoms with Crippen molar-refractivity contribution in [2.24, 2.45) is 0 Å². The molecule has 1 fully saturated rings. The number of benzene rings is 1. The summed E-state index contributed by atoms with van der Waals surface area (Å²) in [5.41, 5.74) is 1.21. The normalized spacial score (nSPS) is 17.1. The van der Waals surface area contributed by atoms with Crippen LogP contribution in [0.2, 0.25) is 0 Å². The average molecular weight is 305 g/mol. The SMILES string of the molecule is CCC(C)NC(=O)CN1CCN(c2ccc(OC)cc2)CC1. The molecule has 1 heterocycles. The molecule has 0 bridgehead atoms.